The predicted octanol–water partition coefficient (Wildman–Crippen LogP) is 3.02. The molecule has 0 bridgehead atoms. The van der Waals surface area contributed by atoms with E-state index in [2.05, 4.69) is 21.4 Å². The fourth-order valence-corrected chi connectivity index (χ4v) is 2.59. The van der Waals surface area contributed by atoms with Crippen LogP contribution in [-0.2, 0) is 0 Å². The van der Waals surface area contributed by atoms with E-state index in [1.807, 2.05) is 18.2 Å². The SMILES string of the molecule is NNC(c1ccc(Cl)cc1Br)C1CC1. The normalized spacial score (nSPS) is 18.2. The molecule has 76 valence electrons. The van der Waals surface area contributed by atoms with Crippen LogP contribution < -0.4 is 11.3 Å². The lowest BCUT2D eigenvalue weighted by Crippen LogP contribution is -2.29. The first kappa shape index (κ1) is 10.4. The zero-order valence-corrected chi connectivity index (χ0v) is 9.98. The smallest absolute Gasteiger partial charge is 0.0499 e. The van der Waals surface area contributed by atoms with E-state index in [9.17, 15) is 0 Å². The third kappa shape index (κ3) is 2.11. The number of halogens is 2. The van der Waals surface area contributed by atoms with E-state index >= 15 is 0 Å². The molecule has 4 heteroatoms. The van der Waals surface area contributed by atoms with Crippen molar-refractivity contribution in [2.24, 2.45) is 11.8 Å². The predicted molar refractivity (Wildman–Crippen MR) is 61.9 cm³/mol. The Kier molecular flexibility index (Phi) is 3.12. The van der Waals surface area contributed by atoms with Gasteiger partial charge in [0.05, 0.1) is 0 Å². The molecule has 14 heavy (non-hydrogen) atoms. The molecule has 0 aromatic heterocycles. The van der Waals surface area contributed by atoms with E-state index in [0.717, 1.165) is 9.50 Å². The molecule has 0 amide bonds. The van der Waals surface area contributed by atoms with Crippen molar-refractivity contribution in [1.29, 1.82) is 0 Å². The van der Waals surface area contributed by atoms with E-state index < -0.39 is 0 Å². The molecule has 1 aliphatic carbocycles. The lowest BCUT2D eigenvalue weighted by Gasteiger charge is -2.17. The van der Waals surface area contributed by atoms with Gasteiger partial charge in [-0.15, -0.1) is 0 Å². The van der Waals surface area contributed by atoms with Crippen LogP contribution in [0.4, 0.5) is 0 Å². The third-order valence-electron chi connectivity index (χ3n) is 2.57. The molecule has 1 aliphatic rings. The Balaban J connectivity index is 2.29. The fourth-order valence-electron chi connectivity index (χ4n) is 1.66. The van der Waals surface area contributed by atoms with Crippen LogP contribution in [0.2, 0.25) is 5.02 Å². The standard InChI is InChI=1S/C10H12BrClN2/c11-9-5-7(12)3-4-8(9)10(14-13)6-1-2-6/h3-6,10,14H,1-2,13H2. The van der Waals surface area contributed by atoms with Crippen LogP contribution in [0.25, 0.3) is 0 Å². The van der Waals surface area contributed by atoms with Gasteiger partial charge in [-0.3, -0.25) is 11.3 Å². The molecule has 3 N–H and O–H groups in total. The first-order chi connectivity index (χ1) is 6.72. The van der Waals surface area contributed by atoms with Gasteiger partial charge in [0.25, 0.3) is 0 Å². The average molecular weight is 276 g/mol. The largest absolute Gasteiger partial charge is 0.271 e. The number of hydrogen-bond acceptors (Lipinski definition) is 2. The van der Waals surface area contributed by atoms with Crippen molar-refractivity contribution in [3.63, 3.8) is 0 Å². The van der Waals surface area contributed by atoms with Crippen LogP contribution >= 0.6 is 27.5 Å². The topological polar surface area (TPSA) is 38.0 Å². The lowest BCUT2D eigenvalue weighted by molar-refractivity contribution is 0.495. The first-order valence-corrected chi connectivity index (χ1v) is 5.80. The quantitative estimate of drug-likeness (QED) is 0.657. The second-order valence-corrected chi connectivity index (χ2v) is 4.94. The van der Waals surface area contributed by atoms with Gasteiger partial charge in [-0.2, -0.15) is 0 Å². The van der Waals surface area contributed by atoms with Crippen molar-refractivity contribution in [2.75, 3.05) is 0 Å². The number of hydrazine groups is 1. The minimum atomic E-state index is 0.252. The van der Waals surface area contributed by atoms with Gasteiger partial charge in [-0.05, 0) is 36.5 Å². The number of benzene rings is 1. The monoisotopic (exact) mass is 274 g/mol. The van der Waals surface area contributed by atoms with Crippen LogP contribution in [0.15, 0.2) is 22.7 Å². The van der Waals surface area contributed by atoms with Crippen LogP contribution in [0.3, 0.4) is 0 Å². The summed E-state index contributed by atoms with van der Waals surface area (Å²) >= 11 is 9.38. The Morgan fingerprint density at radius 1 is 1.50 bits per heavy atom. The maximum absolute atomic E-state index is 5.88. The Morgan fingerprint density at radius 3 is 2.71 bits per heavy atom. The van der Waals surface area contributed by atoms with Crippen LogP contribution in [0, 0.1) is 5.92 Å². The Labute approximate surface area is 96.9 Å². The number of nitrogens with two attached hydrogens (primary N) is 1. The van der Waals surface area contributed by atoms with Gasteiger partial charge >= 0.3 is 0 Å². The molecular weight excluding hydrogens is 263 g/mol. The zero-order chi connectivity index (χ0) is 10.1. The summed E-state index contributed by atoms with van der Waals surface area (Å²) in [7, 11) is 0. The van der Waals surface area contributed by atoms with Gasteiger partial charge in [-0.25, -0.2) is 0 Å². The second-order valence-electron chi connectivity index (χ2n) is 3.65. The number of nitrogens with one attached hydrogen (secondary N) is 1. The van der Waals surface area contributed by atoms with Crippen LogP contribution in [0.1, 0.15) is 24.4 Å². The van der Waals surface area contributed by atoms with Gasteiger partial charge in [0.1, 0.15) is 0 Å². The molecule has 1 fully saturated rings. The van der Waals surface area contributed by atoms with Crippen molar-refractivity contribution in [2.45, 2.75) is 18.9 Å². The average Bonchev–Trinajstić information content (AvgIpc) is 2.93. The maximum atomic E-state index is 5.88. The summed E-state index contributed by atoms with van der Waals surface area (Å²) in [6.45, 7) is 0. The molecule has 0 aliphatic heterocycles. The highest BCUT2D eigenvalue weighted by atomic mass is 79.9. The highest BCUT2D eigenvalue weighted by Gasteiger charge is 2.32. The number of rotatable bonds is 3. The lowest BCUT2D eigenvalue weighted by atomic mass is 10.0. The molecule has 0 saturated heterocycles. The number of hydrogen-bond donors (Lipinski definition) is 2. The van der Waals surface area contributed by atoms with Crippen molar-refractivity contribution < 1.29 is 0 Å². The summed E-state index contributed by atoms with van der Waals surface area (Å²) in [4.78, 5) is 0. The van der Waals surface area contributed by atoms with Crippen molar-refractivity contribution in [3.8, 4) is 0 Å². The molecule has 0 spiro atoms. The highest BCUT2D eigenvalue weighted by Crippen LogP contribution is 2.42. The fraction of sp³-hybridized carbons (Fsp3) is 0.400. The molecule has 1 unspecified atom stereocenters. The summed E-state index contributed by atoms with van der Waals surface area (Å²) in [6.07, 6.45) is 2.51. The summed E-state index contributed by atoms with van der Waals surface area (Å²) in [5, 5.41) is 0.743. The molecule has 1 aromatic rings. The molecule has 2 nitrogen and oxygen atoms in total. The van der Waals surface area contributed by atoms with Gasteiger partial charge in [0.15, 0.2) is 0 Å². The van der Waals surface area contributed by atoms with E-state index in [1.54, 1.807) is 0 Å². The highest BCUT2D eigenvalue weighted by molar-refractivity contribution is 9.10. The Morgan fingerprint density at radius 2 is 2.21 bits per heavy atom. The van der Waals surface area contributed by atoms with Crippen LogP contribution in [0.5, 0.6) is 0 Å². The van der Waals surface area contributed by atoms with Crippen molar-refractivity contribution in [1.82, 2.24) is 5.43 Å². The minimum Gasteiger partial charge on any atom is -0.271 e. The van der Waals surface area contributed by atoms with E-state index in [1.165, 1.54) is 18.4 Å². The molecule has 1 aromatic carbocycles. The zero-order valence-electron chi connectivity index (χ0n) is 7.63. The molecule has 2 rings (SSSR count). The summed E-state index contributed by atoms with van der Waals surface area (Å²) in [6, 6.07) is 6.08. The second kappa shape index (κ2) is 4.19. The molecule has 0 radical (unpaired) electrons. The molecular formula is C10H12BrClN2. The maximum Gasteiger partial charge on any atom is 0.0499 e. The van der Waals surface area contributed by atoms with Gasteiger partial charge in [0, 0.05) is 15.5 Å². The van der Waals surface area contributed by atoms with Crippen molar-refractivity contribution >= 4 is 27.5 Å². The van der Waals surface area contributed by atoms with Gasteiger partial charge < -0.3 is 0 Å². The summed E-state index contributed by atoms with van der Waals surface area (Å²) in [5.74, 6) is 6.23. The van der Waals surface area contributed by atoms with E-state index in [0.29, 0.717) is 5.92 Å². The van der Waals surface area contributed by atoms with Gasteiger partial charge in [-0.1, -0.05) is 33.6 Å². The summed E-state index contributed by atoms with van der Waals surface area (Å²) < 4.78 is 1.03. The van der Waals surface area contributed by atoms with Crippen LogP contribution in [-0.4, -0.2) is 0 Å². The van der Waals surface area contributed by atoms with Crippen molar-refractivity contribution in [3.05, 3.63) is 33.3 Å². The minimum absolute atomic E-state index is 0.252. The Bertz CT molecular complexity index is 339. The molecule has 1 saturated carbocycles. The first-order valence-electron chi connectivity index (χ1n) is 4.63. The summed E-state index contributed by atoms with van der Waals surface area (Å²) in [5.41, 5.74) is 4.06. The van der Waals surface area contributed by atoms with E-state index in [4.69, 9.17) is 17.4 Å². The molecule has 0 heterocycles. The Hall–Kier alpha value is -0.0900. The van der Waals surface area contributed by atoms with E-state index in [-0.39, 0.29) is 6.04 Å². The molecule has 1 atom stereocenters. The van der Waals surface area contributed by atoms with Gasteiger partial charge in [0.2, 0.25) is 0 Å². The third-order valence-corrected chi connectivity index (χ3v) is 3.49.